The van der Waals surface area contributed by atoms with Crippen LogP contribution in [0.5, 0.6) is 17.2 Å². The van der Waals surface area contributed by atoms with Crippen LogP contribution in [-0.4, -0.2) is 39.2 Å². The number of pyridine rings is 1. The van der Waals surface area contributed by atoms with Gasteiger partial charge in [-0.25, -0.2) is 0 Å². The zero-order valence-corrected chi connectivity index (χ0v) is 19.1. The molecule has 4 rings (SSSR count). The minimum atomic E-state index is -0.889. The number of hydrogen-bond acceptors (Lipinski definition) is 9. The molecule has 9 heteroatoms. The molecular weight excluding hydrogens is 446 g/mol. The number of aryl methyl sites for hydroxylation is 1. The number of methoxy groups -OCH3 is 1. The highest BCUT2D eigenvalue weighted by Gasteiger charge is 2.36. The molecule has 0 bridgehead atoms. The summed E-state index contributed by atoms with van der Waals surface area (Å²) in [4.78, 5) is 28.8. The normalized spacial score (nSPS) is 15.8. The molecule has 0 spiro atoms. The van der Waals surface area contributed by atoms with E-state index in [0.29, 0.717) is 22.4 Å². The van der Waals surface area contributed by atoms with Crippen LogP contribution in [0.4, 0.5) is 0 Å². The minimum Gasteiger partial charge on any atom is -0.507 e. The Morgan fingerprint density at radius 3 is 2.67 bits per heavy atom. The molecule has 0 fully saturated rings. The maximum atomic E-state index is 12.4. The second-order valence-corrected chi connectivity index (χ2v) is 8.67. The van der Waals surface area contributed by atoms with E-state index in [1.165, 1.54) is 31.4 Å². The number of esters is 1. The number of thiophene rings is 1. The smallest absolute Gasteiger partial charge is 0.306 e. The Bertz CT molecular complexity index is 1240. The molecule has 3 aromatic rings. The monoisotopic (exact) mass is 469 g/mol. The summed E-state index contributed by atoms with van der Waals surface area (Å²) < 4.78 is 10.7. The lowest BCUT2D eigenvalue weighted by Gasteiger charge is -2.24. The number of carbonyl (C=O) groups is 2. The number of nitrogens with zero attached hydrogens (tertiary/aromatic N) is 1. The Kier molecular flexibility index (Phi) is 6.09. The van der Waals surface area contributed by atoms with Gasteiger partial charge in [-0.3, -0.25) is 14.6 Å². The molecule has 1 aliphatic heterocycles. The van der Waals surface area contributed by atoms with Gasteiger partial charge in [0.15, 0.2) is 5.78 Å². The van der Waals surface area contributed by atoms with E-state index in [1.54, 1.807) is 24.6 Å². The Hall–Kier alpha value is -3.43. The lowest BCUT2D eigenvalue weighted by atomic mass is 9.84. The number of ketones is 1. The van der Waals surface area contributed by atoms with Crippen molar-refractivity contribution in [2.75, 3.05) is 7.11 Å². The minimum absolute atomic E-state index is 0.0230. The first kappa shape index (κ1) is 22.8. The number of carbonyl (C=O) groups excluding carboxylic acids is 2. The molecule has 1 aromatic carbocycles. The molecule has 8 nitrogen and oxygen atoms in total. The number of rotatable bonds is 6. The molecule has 0 aliphatic carbocycles. The van der Waals surface area contributed by atoms with Crippen molar-refractivity contribution in [3.05, 3.63) is 68.2 Å². The van der Waals surface area contributed by atoms with Gasteiger partial charge in [0.2, 0.25) is 0 Å². The average molecular weight is 470 g/mol. The summed E-state index contributed by atoms with van der Waals surface area (Å²) in [6.45, 7) is 3.10. The standard InChI is InChI=1S/C24H23NO7S/c1-11-21(28)19-14(8-25-11)9-32-24(19)17-6-15(12(2)26)22(29)20(23(17)30)16(7-18(27)31-3)13-4-5-33-10-13/h4-6,8,10,16,24,28-30H,7,9H2,1-3H3. The van der Waals surface area contributed by atoms with E-state index in [0.717, 1.165) is 0 Å². The van der Waals surface area contributed by atoms with Crippen LogP contribution in [0.15, 0.2) is 29.1 Å². The summed E-state index contributed by atoms with van der Waals surface area (Å²) in [7, 11) is 1.26. The van der Waals surface area contributed by atoms with Crippen molar-refractivity contribution in [3.8, 4) is 17.2 Å². The molecule has 1 aliphatic rings. The third-order valence-electron chi connectivity index (χ3n) is 5.92. The van der Waals surface area contributed by atoms with E-state index in [2.05, 4.69) is 4.98 Å². The second-order valence-electron chi connectivity index (χ2n) is 7.89. The number of ether oxygens (including phenoxy) is 2. The number of phenols is 2. The molecule has 0 radical (unpaired) electrons. The van der Waals surface area contributed by atoms with Crippen molar-refractivity contribution in [3.63, 3.8) is 0 Å². The lowest BCUT2D eigenvalue weighted by Crippen LogP contribution is -2.13. The molecule has 2 aromatic heterocycles. The molecule has 2 unspecified atom stereocenters. The Morgan fingerprint density at radius 2 is 2.03 bits per heavy atom. The van der Waals surface area contributed by atoms with Gasteiger partial charge >= 0.3 is 5.97 Å². The van der Waals surface area contributed by atoms with Gasteiger partial charge in [-0.2, -0.15) is 11.3 Å². The molecule has 2 atom stereocenters. The van der Waals surface area contributed by atoms with E-state index in [9.17, 15) is 24.9 Å². The van der Waals surface area contributed by atoms with E-state index < -0.39 is 29.5 Å². The molecular formula is C24H23NO7S. The van der Waals surface area contributed by atoms with Crippen LogP contribution in [0.25, 0.3) is 0 Å². The summed E-state index contributed by atoms with van der Waals surface area (Å²) in [5, 5.41) is 36.7. The summed E-state index contributed by atoms with van der Waals surface area (Å²) in [5.41, 5.74) is 2.40. The highest BCUT2D eigenvalue weighted by molar-refractivity contribution is 7.08. The fourth-order valence-electron chi connectivity index (χ4n) is 4.17. The molecule has 0 saturated heterocycles. The van der Waals surface area contributed by atoms with Crippen molar-refractivity contribution in [1.82, 2.24) is 4.98 Å². The molecule has 3 N–H and O–H groups in total. The first-order chi connectivity index (χ1) is 15.7. The van der Waals surface area contributed by atoms with E-state index in [1.807, 2.05) is 5.38 Å². The first-order valence-electron chi connectivity index (χ1n) is 10.2. The van der Waals surface area contributed by atoms with Crippen LogP contribution in [0.2, 0.25) is 0 Å². The Labute approximate surface area is 194 Å². The molecule has 0 amide bonds. The fourth-order valence-corrected chi connectivity index (χ4v) is 4.89. The highest BCUT2D eigenvalue weighted by Crippen LogP contribution is 2.50. The second kappa shape index (κ2) is 8.84. The summed E-state index contributed by atoms with van der Waals surface area (Å²) in [6.07, 6.45) is 0.548. The summed E-state index contributed by atoms with van der Waals surface area (Å²) in [5.74, 6) is -2.51. The first-order valence-corrected chi connectivity index (χ1v) is 11.2. The number of fused-ring (bicyclic) bond motifs is 1. The van der Waals surface area contributed by atoms with Gasteiger partial charge in [-0.15, -0.1) is 0 Å². The predicted molar refractivity (Wildman–Crippen MR) is 120 cm³/mol. The van der Waals surface area contributed by atoms with Crippen molar-refractivity contribution in [2.24, 2.45) is 0 Å². The zero-order chi connectivity index (χ0) is 23.9. The SMILES string of the molecule is COC(=O)CC(c1ccsc1)c1c(O)c(C(C)=O)cc(C2OCc3cnc(C)c(O)c32)c1O. The van der Waals surface area contributed by atoms with Gasteiger partial charge in [-0.05, 0) is 42.3 Å². The number of benzene rings is 1. The highest BCUT2D eigenvalue weighted by atomic mass is 32.1. The van der Waals surface area contributed by atoms with Crippen LogP contribution in [-0.2, 0) is 20.9 Å². The largest absolute Gasteiger partial charge is 0.507 e. The van der Waals surface area contributed by atoms with E-state index >= 15 is 0 Å². The van der Waals surface area contributed by atoms with Gasteiger partial charge in [0.25, 0.3) is 0 Å². The van der Waals surface area contributed by atoms with E-state index in [4.69, 9.17) is 9.47 Å². The summed E-state index contributed by atoms with van der Waals surface area (Å²) in [6, 6.07) is 3.15. The average Bonchev–Trinajstić information content (AvgIpc) is 3.46. The van der Waals surface area contributed by atoms with Gasteiger partial charge in [-0.1, -0.05) is 0 Å². The van der Waals surface area contributed by atoms with Crippen molar-refractivity contribution in [1.29, 1.82) is 0 Å². The maximum Gasteiger partial charge on any atom is 0.306 e. The molecule has 172 valence electrons. The number of Topliss-reactive ketones (excluding diaryl/α,β-unsaturated/α-hetero) is 1. The van der Waals surface area contributed by atoms with Crippen molar-refractivity contribution < 1.29 is 34.4 Å². The molecule has 0 saturated carbocycles. The van der Waals surface area contributed by atoms with E-state index in [-0.39, 0.29) is 41.2 Å². The maximum absolute atomic E-state index is 12.4. The van der Waals surface area contributed by atoms with Gasteiger partial charge in [0.05, 0.1) is 31.4 Å². The zero-order valence-electron chi connectivity index (χ0n) is 18.3. The lowest BCUT2D eigenvalue weighted by molar-refractivity contribution is -0.140. The quantitative estimate of drug-likeness (QED) is 0.364. The Morgan fingerprint density at radius 1 is 1.27 bits per heavy atom. The van der Waals surface area contributed by atoms with Crippen LogP contribution in [0, 0.1) is 6.92 Å². The molecule has 33 heavy (non-hydrogen) atoms. The number of phenolic OH excluding ortho intramolecular Hbond substituents is 2. The van der Waals surface area contributed by atoms with Crippen LogP contribution in [0.3, 0.4) is 0 Å². The predicted octanol–water partition coefficient (Wildman–Crippen LogP) is 4.09. The van der Waals surface area contributed by atoms with Gasteiger partial charge in [0.1, 0.15) is 23.4 Å². The number of aromatic nitrogens is 1. The van der Waals surface area contributed by atoms with Crippen LogP contribution >= 0.6 is 11.3 Å². The third kappa shape index (κ3) is 3.94. The molecule has 3 heterocycles. The summed E-state index contributed by atoms with van der Waals surface area (Å²) >= 11 is 1.40. The van der Waals surface area contributed by atoms with Crippen molar-refractivity contribution in [2.45, 2.75) is 38.9 Å². The van der Waals surface area contributed by atoms with Crippen LogP contribution in [0.1, 0.15) is 69.2 Å². The number of hydrogen-bond donors (Lipinski definition) is 3. The van der Waals surface area contributed by atoms with Gasteiger partial charge < -0.3 is 24.8 Å². The Balaban J connectivity index is 1.96. The topological polar surface area (TPSA) is 126 Å². The van der Waals surface area contributed by atoms with Crippen LogP contribution < -0.4 is 0 Å². The number of aromatic hydroxyl groups is 3. The van der Waals surface area contributed by atoms with Crippen molar-refractivity contribution >= 4 is 23.1 Å². The fraction of sp³-hybridized carbons (Fsp3) is 0.292. The third-order valence-corrected chi connectivity index (χ3v) is 6.62. The van der Waals surface area contributed by atoms with Gasteiger partial charge in [0, 0.05) is 34.4 Å².